The van der Waals surface area contributed by atoms with Gasteiger partial charge in [-0.2, -0.15) is 0 Å². The molecule has 1 N–H and O–H groups in total. The highest BCUT2D eigenvalue weighted by Crippen LogP contribution is 2.19. The van der Waals surface area contributed by atoms with E-state index < -0.39 is 6.04 Å². The Balaban J connectivity index is 1.81. The maximum Gasteiger partial charge on any atom is 0.243 e. The van der Waals surface area contributed by atoms with Crippen LogP contribution in [0.15, 0.2) is 84.9 Å². The lowest BCUT2D eigenvalue weighted by atomic mass is 10.0. The maximum absolute atomic E-state index is 14.0. The second-order valence-corrected chi connectivity index (χ2v) is 8.68. The Morgan fingerprint density at radius 2 is 1.52 bits per heavy atom. The maximum atomic E-state index is 14.0. The van der Waals surface area contributed by atoms with Crippen molar-refractivity contribution in [1.82, 2.24) is 10.2 Å². The van der Waals surface area contributed by atoms with E-state index in [0.717, 1.165) is 11.1 Å². The van der Waals surface area contributed by atoms with E-state index in [1.807, 2.05) is 67.6 Å². The molecule has 0 aromatic heterocycles. The second kappa shape index (κ2) is 12.8. The van der Waals surface area contributed by atoms with Crippen LogP contribution < -0.4 is 5.32 Å². The van der Waals surface area contributed by atoms with Crippen LogP contribution in [-0.2, 0) is 28.3 Å². The van der Waals surface area contributed by atoms with Crippen LogP contribution in [0.2, 0.25) is 0 Å². The first kappa shape index (κ1) is 24.5. The van der Waals surface area contributed by atoms with Crippen molar-refractivity contribution < 1.29 is 14.0 Å². The van der Waals surface area contributed by atoms with Crippen LogP contribution in [0.1, 0.15) is 23.6 Å². The molecule has 172 valence electrons. The quantitative estimate of drug-likeness (QED) is 0.442. The van der Waals surface area contributed by atoms with Gasteiger partial charge in [0.15, 0.2) is 0 Å². The van der Waals surface area contributed by atoms with Gasteiger partial charge in [0.2, 0.25) is 11.8 Å². The molecule has 0 heterocycles. The van der Waals surface area contributed by atoms with E-state index in [4.69, 9.17) is 0 Å². The first-order valence-corrected chi connectivity index (χ1v) is 12.2. The number of nitrogens with one attached hydrogen (secondary N) is 1. The minimum Gasteiger partial charge on any atom is -0.355 e. The zero-order valence-electron chi connectivity index (χ0n) is 18.7. The first-order chi connectivity index (χ1) is 16.1. The Hall–Kier alpha value is -3.12. The molecule has 0 saturated carbocycles. The third-order valence-corrected chi connectivity index (χ3v) is 6.22. The summed E-state index contributed by atoms with van der Waals surface area (Å²) in [5, 5.41) is 2.89. The average molecular weight is 465 g/mol. The molecule has 0 fully saturated rings. The van der Waals surface area contributed by atoms with E-state index in [0.29, 0.717) is 30.8 Å². The summed E-state index contributed by atoms with van der Waals surface area (Å²) in [4.78, 5) is 28.1. The molecule has 3 rings (SSSR count). The monoisotopic (exact) mass is 464 g/mol. The molecule has 0 bridgehead atoms. The van der Waals surface area contributed by atoms with Crippen molar-refractivity contribution in [2.45, 2.75) is 31.7 Å². The van der Waals surface area contributed by atoms with Crippen LogP contribution >= 0.6 is 11.8 Å². The molecule has 2 amide bonds. The van der Waals surface area contributed by atoms with Gasteiger partial charge in [-0.1, -0.05) is 78.9 Å². The van der Waals surface area contributed by atoms with Gasteiger partial charge in [-0.05, 0) is 29.7 Å². The number of thioether (sulfide) groups is 1. The van der Waals surface area contributed by atoms with Crippen LogP contribution in [0.4, 0.5) is 4.39 Å². The van der Waals surface area contributed by atoms with Crippen LogP contribution in [0.5, 0.6) is 0 Å². The number of nitrogens with zero attached hydrogens (tertiary/aromatic N) is 1. The number of carbonyl (C=O) groups excluding carboxylic acids is 2. The number of amides is 2. The summed E-state index contributed by atoms with van der Waals surface area (Å²) in [5.74, 6) is -0.0477. The third-order valence-electron chi connectivity index (χ3n) is 5.26. The predicted molar refractivity (Wildman–Crippen MR) is 132 cm³/mol. The Bertz CT molecular complexity index is 1030. The molecule has 0 unspecified atom stereocenters. The van der Waals surface area contributed by atoms with E-state index in [9.17, 15) is 14.0 Å². The number of hydrogen-bond acceptors (Lipinski definition) is 3. The van der Waals surface area contributed by atoms with Crippen molar-refractivity contribution in [3.8, 4) is 0 Å². The predicted octanol–water partition coefficient (Wildman–Crippen LogP) is 4.84. The molecular weight excluding hydrogens is 435 g/mol. The van der Waals surface area contributed by atoms with Crippen LogP contribution in [0.3, 0.4) is 0 Å². The van der Waals surface area contributed by atoms with Gasteiger partial charge in [0.25, 0.3) is 0 Å². The van der Waals surface area contributed by atoms with Crippen molar-refractivity contribution >= 4 is 23.6 Å². The smallest absolute Gasteiger partial charge is 0.243 e. The number of rotatable bonds is 11. The van der Waals surface area contributed by atoms with Gasteiger partial charge in [0, 0.05) is 25.3 Å². The Labute approximate surface area is 199 Å². The summed E-state index contributed by atoms with van der Waals surface area (Å²) < 4.78 is 14.0. The van der Waals surface area contributed by atoms with E-state index in [1.54, 1.807) is 23.1 Å². The lowest BCUT2D eigenvalue weighted by Gasteiger charge is -2.31. The van der Waals surface area contributed by atoms with E-state index >= 15 is 0 Å². The lowest BCUT2D eigenvalue weighted by Crippen LogP contribution is -2.51. The Morgan fingerprint density at radius 1 is 0.909 bits per heavy atom. The highest BCUT2D eigenvalue weighted by molar-refractivity contribution is 7.99. The number of benzene rings is 3. The molecule has 0 saturated heterocycles. The minimum atomic E-state index is -0.644. The average Bonchev–Trinajstić information content (AvgIpc) is 2.84. The van der Waals surface area contributed by atoms with Crippen LogP contribution in [0.25, 0.3) is 0 Å². The number of likely N-dealkylation sites (N-methyl/N-ethyl adjacent to an activating group) is 1. The third kappa shape index (κ3) is 7.46. The molecule has 0 aliphatic rings. The normalized spacial score (nSPS) is 11.6. The van der Waals surface area contributed by atoms with Crippen molar-refractivity contribution in [1.29, 1.82) is 0 Å². The molecule has 0 aliphatic heterocycles. The molecule has 6 heteroatoms. The Morgan fingerprint density at radius 3 is 2.15 bits per heavy atom. The van der Waals surface area contributed by atoms with E-state index in [-0.39, 0.29) is 23.4 Å². The van der Waals surface area contributed by atoms with E-state index in [1.165, 1.54) is 17.8 Å². The SMILES string of the molecule is CCNC(=O)[C@H](Cc1ccccc1)N(Cc1ccccc1)C(=O)CSCc1ccccc1F. The number of halogens is 1. The fourth-order valence-corrected chi connectivity index (χ4v) is 4.47. The van der Waals surface area contributed by atoms with Gasteiger partial charge >= 0.3 is 0 Å². The van der Waals surface area contributed by atoms with Gasteiger partial charge < -0.3 is 10.2 Å². The fourth-order valence-electron chi connectivity index (χ4n) is 3.57. The zero-order chi connectivity index (χ0) is 23.5. The van der Waals surface area contributed by atoms with E-state index in [2.05, 4.69) is 5.32 Å². The summed E-state index contributed by atoms with van der Waals surface area (Å²) in [6, 6.07) is 25.3. The topological polar surface area (TPSA) is 49.4 Å². The number of hydrogen-bond donors (Lipinski definition) is 1. The Kier molecular flexibility index (Phi) is 9.51. The molecule has 4 nitrogen and oxygen atoms in total. The first-order valence-electron chi connectivity index (χ1n) is 11.0. The van der Waals surface area contributed by atoms with Gasteiger partial charge in [-0.25, -0.2) is 4.39 Å². The summed E-state index contributed by atoms with van der Waals surface area (Å²) in [6.45, 7) is 2.68. The summed E-state index contributed by atoms with van der Waals surface area (Å²) in [6.07, 6.45) is 0.420. The largest absolute Gasteiger partial charge is 0.355 e. The molecule has 33 heavy (non-hydrogen) atoms. The molecule has 3 aromatic carbocycles. The molecule has 0 spiro atoms. The van der Waals surface area contributed by atoms with Gasteiger partial charge in [0.05, 0.1) is 5.75 Å². The zero-order valence-corrected chi connectivity index (χ0v) is 19.6. The lowest BCUT2D eigenvalue weighted by molar-refractivity contribution is -0.139. The molecule has 3 aromatic rings. The highest BCUT2D eigenvalue weighted by atomic mass is 32.2. The summed E-state index contributed by atoms with van der Waals surface area (Å²) in [5.41, 5.74) is 2.50. The van der Waals surface area contributed by atoms with Crippen molar-refractivity contribution in [3.63, 3.8) is 0 Å². The molecular formula is C27H29FN2O2S. The highest BCUT2D eigenvalue weighted by Gasteiger charge is 2.30. The molecule has 1 atom stereocenters. The van der Waals surface area contributed by atoms with Crippen LogP contribution in [-0.4, -0.2) is 35.1 Å². The fraction of sp³-hybridized carbons (Fsp3) is 0.259. The minimum absolute atomic E-state index is 0.146. The van der Waals surface area contributed by atoms with Gasteiger partial charge in [-0.3, -0.25) is 9.59 Å². The van der Waals surface area contributed by atoms with Crippen molar-refractivity contribution in [2.75, 3.05) is 12.3 Å². The number of carbonyl (C=O) groups is 2. The standard InChI is InChI=1S/C27H29FN2O2S/c1-2-29-27(32)25(17-21-11-5-3-6-12-21)30(18-22-13-7-4-8-14-22)26(31)20-33-19-23-15-9-10-16-24(23)28/h3-16,25H,2,17-20H2,1H3,(H,29,32)/t25-/m0/s1. The van der Waals surface area contributed by atoms with Crippen molar-refractivity contribution in [3.05, 3.63) is 107 Å². The van der Waals surface area contributed by atoms with Crippen LogP contribution in [0, 0.1) is 5.82 Å². The summed E-state index contributed by atoms with van der Waals surface area (Å²) in [7, 11) is 0. The molecule has 0 aliphatic carbocycles. The van der Waals surface area contributed by atoms with Crippen molar-refractivity contribution in [2.24, 2.45) is 0 Å². The van der Waals surface area contributed by atoms with Gasteiger partial charge in [-0.15, -0.1) is 11.8 Å². The second-order valence-electron chi connectivity index (χ2n) is 7.69. The van der Waals surface area contributed by atoms with Gasteiger partial charge in [0.1, 0.15) is 11.9 Å². The summed E-state index contributed by atoms with van der Waals surface area (Å²) >= 11 is 1.35. The molecule has 0 radical (unpaired) electrons.